The Bertz CT molecular complexity index is 346. The van der Waals surface area contributed by atoms with E-state index >= 15 is 0 Å². The molecule has 0 spiro atoms. The Kier molecular flexibility index (Phi) is 2.26. The van der Waals surface area contributed by atoms with Gasteiger partial charge in [-0.2, -0.15) is 4.37 Å². The second-order valence-electron chi connectivity index (χ2n) is 3.17. The summed E-state index contributed by atoms with van der Waals surface area (Å²) in [6, 6.07) is 0. The Hall–Kier alpha value is -0.610. The molecular weight excluding hydrogens is 208 g/mol. The van der Waals surface area contributed by atoms with Gasteiger partial charge in [-0.05, 0) is 31.3 Å². The van der Waals surface area contributed by atoms with E-state index in [4.69, 9.17) is 11.6 Å². The normalized spacial score (nSPS) is 15.8. The number of halogens is 1. The molecule has 0 radical (unpaired) electrons. The molecular formula is C8H9ClN2OS. The molecule has 0 unspecified atom stereocenters. The third-order valence-corrected chi connectivity index (χ3v) is 3.40. The molecule has 0 saturated heterocycles. The zero-order chi connectivity index (χ0) is 9.42. The number of nitrogens with one attached hydrogen (secondary N) is 1. The molecule has 1 amide bonds. The van der Waals surface area contributed by atoms with Crippen molar-refractivity contribution >= 4 is 34.0 Å². The van der Waals surface area contributed by atoms with Crippen LogP contribution < -0.4 is 5.32 Å². The van der Waals surface area contributed by atoms with E-state index < -0.39 is 0 Å². The standard InChI is InChI=1S/C8H9ClN2OS/c1-4-6(9)8(13-11-4)10-7(12)5-2-3-5/h5H,2-3H2,1H3,(H,10,12). The minimum atomic E-state index is 0.0746. The fraction of sp³-hybridized carbons (Fsp3) is 0.500. The van der Waals surface area contributed by atoms with E-state index in [9.17, 15) is 4.79 Å². The maximum absolute atomic E-state index is 11.3. The molecule has 0 aliphatic heterocycles. The van der Waals surface area contributed by atoms with Crippen LogP contribution >= 0.6 is 23.1 Å². The summed E-state index contributed by atoms with van der Waals surface area (Å²) in [6.45, 7) is 1.83. The molecule has 1 aromatic heterocycles. The Morgan fingerprint density at radius 3 is 2.85 bits per heavy atom. The lowest BCUT2D eigenvalue weighted by molar-refractivity contribution is -0.117. The first-order valence-corrected chi connectivity index (χ1v) is 5.26. The molecule has 3 nitrogen and oxygen atoms in total. The highest BCUT2D eigenvalue weighted by molar-refractivity contribution is 7.11. The highest BCUT2D eigenvalue weighted by atomic mass is 35.5. The van der Waals surface area contributed by atoms with Crippen LogP contribution in [0.1, 0.15) is 18.5 Å². The lowest BCUT2D eigenvalue weighted by Gasteiger charge is -1.99. The Labute approximate surface area is 85.3 Å². The molecule has 2 rings (SSSR count). The van der Waals surface area contributed by atoms with E-state index in [0.717, 1.165) is 18.5 Å². The number of aromatic nitrogens is 1. The van der Waals surface area contributed by atoms with E-state index in [1.807, 2.05) is 6.92 Å². The van der Waals surface area contributed by atoms with Crippen LogP contribution in [0.2, 0.25) is 5.02 Å². The van der Waals surface area contributed by atoms with Gasteiger partial charge in [0.05, 0.1) is 10.7 Å². The highest BCUT2D eigenvalue weighted by Crippen LogP contribution is 2.34. The predicted octanol–water partition coefficient (Wildman–Crippen LogP) is 2.45. The van der Waals surface area contributed by atoms with Gasteiger partial charge >= 0.3 is 0 Å². The second-order valence-corrected chi connectivity index (χ2v) is 4.33. The number of aryl methyl sites for hydroxylation is 1. The topological polar surface area (TPSA) is 42.0 Å². The maximum atomic E-state index is 11.3. The third-order valence-electron chi connectivity index (χ3n) is 1.98. The van der Waals surface area contributed by atoms with Gasteiger partial charge in [0, 0.05) is 5.92 Å². The van der Waals surface area contributed by atoms with Gasteiger partial charge in [-0.15, -0.1) is 0 Å². The maximum Gasteiger partial charge on any atom is 0.228 e. The molecule has 5 heteroatoms. The van der Waals surface area contributed by atoms with E-state index in [1.54, 1.807) is 0 Å². The van der Waals surface area contributed by atoms with Crippen molar-refractivity contribution in [2.45, 2.75) is 19.8 Å². The number of amides is 1. The average molecular weight is 217 g/mol. The SMILES string of the molecule is Cc1nsc(NC(=O)C2CC2)c1Cl. The summed E-state index contributed by atoms with van der Waals surface area (Å²) in [5, 5.41) is 4.02. The van der Waals surface area contributed by atoms with Crippen LogP contribution in [0, 0.1) is 12.8 Å². The predicted molar refractivity (Wildman–Crippen MR) is 53.2 cm³/mol. The third kappa shape index (κ3) is 1.84. The Morgan fingerprint density at radius 2 is 2.38 bits per heavy atom. The number of rotatable bonds is 2. The largest absolute Gasteiger partial charge is 0.315 e. The van der Waals surface area contributed by atoms with Gasteiger partial charge in [0.25, 0.3) is 0 Å². The fourth-order valence-corrected chi connectivity index (χ4v) is 1.93. The minimum Gasteiger partial charge on any atom is -0.315 e. The summed E-state index contributed by atoms with van der Waals surface area (Å²) in [5.74, 6) is 0.282. The molecule has 1 aliphatic rings. The lowest BCUT2D eigenvalue weighted by atomic mass is 10.4. The van der Waals surface area contributed by atoms with Crippen LogP contribution in [-0.2, 0) is 4.79 Å². The van der Waals surface area contributed by atoms with Crippen molar-refractivity contribution in [2.75, 3.05) is 5.32 Å². The number of nitrogens with zero attached hydrogens (tertiary/aromatic N) is 1. The molecule has 1 heterocycles. The van der Waals surface area contributed by atoms with E-state index in [2.05, 4.69) is 9.69 Å². The number of carbonyl (C=O) groups excluding carboxylic acids is 1. The first-order chi connectivity index (χ1) is 6.18. The number of anilines is 1. The zero-order valence-corrected chi connectivity index (χ0v) is 8.71. The summed E-state index contributed by atoms with van der Waals surface area (Å²) < 4.78 is 4.04. The molecule has 70 valence electrons. The number of carbonyl (C=O) groups is 1. The minimum absolute atomic E-state index is 0.0746. The molecule has 1 aromatic rings. The van der Waals surface area contributed by atoms with Crippen LogP contribution in [0.15, 0.2) is 0 Å². The molecule has 13 heavy (non-hydrogen) atoms. The van der Waals surface area contributed by atoms with Gasteiger partial charge in [-0.25, -0.2) is 0 Å². The van der Waals surface area contributed by atoms with E-state index in [0.29, 0.717) is 10.0 Å². The highest BCUT2D eigenvalue weighted by Gasteiger charge is 2.30. The van der Waals surface area contributed by atoms with Crippen molar-refractivity contribution in [2.24, 2.45) is 5.92 Å². The number of hydrogen-bond acceptors (Lipinski definition) is 3. The van der Waals surface area contributed by atoms with Crippen molar-refractivity contribution in [1.82, 2.24) is 4.37 Å². The average Bonchev–Trinajstić information content (AvgIpc) is 2.89. The molecule has 1 N–H and O–H groups in total. The van der Waals surface area contributed by atoms with Gasteiger partial charge in [-0.3, -0.25) is 4.79 Å². The van der Waals surface area contributed by atoms with Crippen LogP contribution in [-0.4, -0.2) is 10.3 Å². The van der Waals surface area contributed by atoms with Crippen LogP contribution in [0.25, 0.3) is 0 Å². The second kappa shape index (κ2) is 3.27. The van der Waals surface area contributed by atoms with Crippen molar-refractivity contribution in [3.63, 3.8) is 0 Å². The van der Waals surface area contributed by atoms with Crippen molar-refractivity contribution in [3.8, 4) is 0 Å². The summed E-state index contributed by atoms with van der Waals surface area (Å²) in [5.41, 5.74) is 0.776. The smallest absolute Gasteiger partial charge is 0.228 e. The van der Waals surface area contributed by atoms with Crippen LogP contribution in [0.4, 0.5) is 5.00 Å². The summed E-state index contributed by atoms with van der Waals surface area (Å²) in [6.07, 6.45) is 2.00. The van der Waals surface area contributed by atoms with E-state index in [-0.39, 0.29) is 11.8 Å². The quantitative estimate of drug-likeness (QED) is 0.825. The fourth-order valence-electron chi connectivity index (χ4n) is 0.996. The summed E-state index contributed by atoms with van der Waals surface area (Å²) in [4.78, 5) is 11.3. The van der Waals surface area contributed by atoms with Gasteiger partial charge in [0.15, 0.2) is 0 Å². The van der Waals surface area contributed by atoms with Gasteiger partial charge in [0.1, 0.15) is 5.00 Å². The van der Waals surface area contributed by atoms with Gasteiger partial charge in [0.2, 0.25) is 5.91 Å². The van der Waals surface area contributed by atoms with Crippen molar-refractivity contribution in [1.29, 1.82) is 0 Å². The van der Waals surface area contributed by atoms with Crippen molar-refractivity contribution < 1.29 is 4.79 Å². The zero-order valence-electron chi connectivity index (χ0n) is 7.13. The van der Waals surface area contributed by atoms with Gasteiger partial charge < -0.3 is 5.32 Å². The summed E-state index contributed by atoms with van der Waals surface area (Å²) >= 11 is 7.15. The van der Waals surface area contributed by atoms with Gasteiger partial charge in [-0.1, -0.05) is 11.6 Å². The number of hydrogen-bond donors (Lipinski definition) is 1. The monoisotopic (exact) mass is 216 g/mol. The van der Waals surface area contributed by atoms with Crippen molar-refractivity contribution in [3.05, 3.63) is 10.7 Å². The molecule has 0 atom stereocenters. The molecule has 1 fully saturated rings. The first kappa shape index (κ1) is 8.97. The van der Waals surface area contributed by atoms with Crippen LogP contribution in [0.5, 0.6) is 0 Å². The Balaban J connectivity index is 2.08. The summed E-state index contributed by atoms with van der Waals surface area (Å²) in [7, 11) is 0. The lowest BCUT2D eigenvalue weighted by Crippen LogP contribution is -2.12. The molecule has 0 aromatic carbocycles. The van der Waals surface area contributed by atoms with E-state index in [1.165, 1.54) is 11.5 Å². The first-order valence-electron chi connectivity index (χ1n) is 4.11. The molecule has 1 saturated carbocycles. The molecule has 1 aliphatic carbocycles. The van der Waals surface area contributed by atoms with Crippen LogP contribution in [0.3, 0.4) is 0 Å². The Morgan fingerprint density at radius 1 is 1.69 bits per heavy atom. The molecule has 0 bridgehead atoms.